The van der Waals surface area contributed by atoms with Crippen LogP contribution >= 0.6 is 15.9 Å². The predicted molar refractivity (Wildman–Crippen MR) is 62.1 cm³/mol. The van der Waals surface area contributed by atoms with Crippen molar-refractivity contribution in [2.75, 3.05) is 25.0 Å². The maximum atomic E-state index is 8.12. The highest BCUT2D eigenvalue weighted by molar-refractivity contribution is 9.10. The van der Waals surface area contributed by atoms with Crippen LogP contribution in [-0.2, 0) is 0 Å². The van der Waals surface area contributed by atoms with Crippen LogP contribution in [0.15, 0.2) is 22.6 Å². The van der Waals surface area contributed by atoms with Gasteiger partial charge in [-0.1, -0.05) is 0 Å². The van der Waals surface area contributed by atoms with Crippen LogP contribution in [0, 0.1) is 0 Å². The molecule has 1 fully saturated rings. The number of ether oxygens (including phenoxy) is 1. The first-order chi connectivity index (χ1) is 9.22. The summed E-state index contributed by atoms with van der Waals surface area (Å²) in [5, 5.41) is 0. The van der Waals surface area contributed by atoms with Crippen molar-refractivity contribution in [3.63, 3.8) is 0 Å². The van der Waals surface area contributed by atoms with Gasteiger partial charge < -0.3 is 9.64 Å². The summed E-state index contributed by atoms with van der Waals surface area (Å²) in [5.41, 5.74) is 0.273. The quantitative estimate of drug-likeness (QED) is 0.812. The van der Waals surface area contributed by atoms with Gasteiger partial charge in [-0.3, -0.25) is 0 Å². The van der Waals surface area contributed by atoms with Gasteiger partial charge in [0.15, 0.2) is 0 Å². The first kappa shape index (κ1) is 4.88. The van der Waals surface area contributed by atoms with Gasteiger partial charge >= 0.3 is 0 Å². The zero-order chi connectivity index (χ0) is 15.1. The minimum atomic E-state index is -2.70. The van der Waals surface area contributed by atoms with Gasteiger partial charge in [-0.05, 0) is 40.9 Å². The van der Waals surface area contributed by atoms with E-state index in [4.69, 9.17) is 13.0 Å². The van der Waals surface area contributed by atoms with E-state index in [-0.39, 0.29) is 34.0 Å². The normalized spacial score (nSPS) is 23.1. The van der Waals surface area contributed by atoms with E-state index >= 15 is 0 Å². The minimum absolute atomic E-state index is 0.0339. The second-order valence-corrected chi connectivity index (χ2v) is 3.96. The number of nitrogens with zero attached hydrogens (tertiary/aromatic N) is 1. The molecule has 2 nitrogen and oxygen atoms in total. The van der Waals surface area contributed by atoms with Crippen LogP contribution < -0.4 is 9.64 Å². The largest absolute Gasteiger partial charge is 0.495 e. The molecule has 0 N–H and O–H groups in total. The SMILES string of the molecule is [2H]c1c([2H])c(N2CCCC2)c([2H])c(OC([2H])([2H])[2H])c1Br. The van der Waals surface area contributed by atoms with E-state index in [1.165, 1.54) is 0 Å². The van der Waals surface area contributed by atoms with Crippen molar-refractivity contribution in [1.29, 1.82) is 0 Å². The van der Waals surface area contributed by atoms with Gasteiger partial charge in [0.2, 0.25) is 0 Å². The third-order valence-corrected chi connectivity index (χ3v) is 2.80. The Hall–Kier alpha value is -0.700. The summed E-state index contributed by atoms with van der Waals surface area (Å²) >= 11 is 3.06. The first-order valence-electron chi connectivity index (χ1n) is 7.45. The van der Waals surface area contributed by atoms with Gasteiger partial charge in [-0.15, -0.1) is 0 Å². The maximum Gasteiger partial charge on any atom is 0.135 e. The maximum absolute atomic E-state index is 8.12. The Morgan fingerprint density at radius 1 is 1.50 bits per heavy atom. The number of methoxy groups -OCH3 is 1. The van der Waals surface area contributed by atoms with Crippen molar-refractivity contribution < 1.29 is 13.0 Å². The molecular weight excluding hydrogens is 242 g/mol. The number of rotatable bonds is 2. The zero-order valence-corrected chi connectivity index (χ0v) is 9.15. The average molecular weight is 262 g/mol. The van der Waals surface area contributed by atoms with Crippen molar-refractivity contribution in [2.45, 2.75) is 12.8 Å². The standard InChI is InChI=1S/C11H14BrNO/c1-14-11-8-9(4-5-10(11)12)13-6-2-3-7-13/h4-5,8H,2-3,6-7H2,1H3/i1D3,4D,5D,8D. The molecule has 0 saturated carbocycles. The van der Waals surface area contributed by atoms with Gasteiger partial charge in [0.1, 0.15) is 5.75 Å². The minimum Gasteiger partial charge on any atom is -0.495 e. The highest BCUT2D eigenvalue weighted by Crippen LogP contribution is 2.30. The summed E-state index contributed by atoms with van der Waals surface area (Å²) in [6.45, 7) is 1.40. The molecule has 1 aromatic carbocycles. The molecule has 0 unspecified atom stereocenters. The molecule has 3 heteroatoms. The first-order valence-corrected chi connectivity index (χ1v) is 5.25. The van der Waals surface area contributed by atoms with E-state index in [2.05, 4.69) is 15.9 Å². The Labute approximate surface area is 101 Å². The fourth-order valence-corrected chi connectivity index (χ4v) is 1.81. The molecule has 1 aromatic rings. The number of anilines is 1. The molecule has 14 heavy (non-hydrogen) atoms. The summed E-state index contributed by atoms with van der Waals surface area (Å²) in [7, 11) is -2.70. The third-order valence-electron chi connectivity index (χ3n) is 2.25. The number of benzene rings is 1. The molecule has 1 aliphatic rings. The molecule has 0 spiro atoms. The lowest BCUT2D eigenvalue weighted by molar-refractivity contribution is 0.412. The van der Waals surface area contributed by atoms with Crippen LogP contribution in [0.3, 0.4) is 0 Å². The lowest BCUT2D eigenvalue weighted by Gasteiger charge is -2.18. The smallest absolute Gasteiger partial charge is 0.135 e. The van der Waals surface area contributed by atoms with Crippen LogP contribution in [0.2, 0.25) is 0 Å². The van der Waals surface area contributed by atoms with Gasteiger partial charge in [-0.25, -0.2) is 0 Å². The Morgan fingerprint density at radius 3 is 3.00 bits per heavy atom. The summed E-state index contributed by atoms with van der Waals surface area (Å²) in [4.78, 5) is 1.83. The van der Waals surface area contributed by atoms with E-state index in [1.54, 1.807) is 0 Å². The molecule has 1 saturated heterocycles. The van der Waals surface area contributed by atoms with Crippen LogP contribution in [0.25, 0.3) is 0 Å². The Bertz CT molecular complexity index is 527. The molecule has 1 heterocycles. The molecule has 0 amide bonds. The highest BCUT2D eigenvalue weighted by Gasteiger charge is 2.13. The summed E-state index contributed by atoms with van der Waals surface area (Å²) < 4.78 is 50.3. The van der Waals surface area contributed by atoms with E-state index in [1.807, 2.05) is 4.90 Å². The number of hydrogen-bond acceptors (Lipinski definition) is 2. The second-order valence-electron chi connectivity index (χ2n) is 3.16. The molecule has 0 radical (unpaired) electrons. The van der Waals surface area contributed by atoms with Gasteiger partial charge in [0, 0.05) is 24.8 Å². The lowest BCUT2D eigenvalue weighted by atomic mass is 10.3. The van der Waals surface area contributed by atoms with Crippen molar-refractivity contribution in [2.24, 2.45) is 0 Å². The molecule has 0 aromatic heterocycles. The molecular formula is C11H14BrNO. The van der Waals surface area contributed by atoms with E-state index in [0.29, 0.717) is 13.1 Å². The number of hydrogen-bond donors (Lipinski definition) is 0. The Kier molecular flexibility index (Phi) is 1.47. The third kappa shape index (κ3) is 1.87. The number of halogens is 1. The Morgan fingerprint density at radius 2 is 2.29 bits per heavy atom. The lowest BCUT2D eigenvalue weighted by Crippen LogP contribution is -2.17. The van der Waals surface area contributed by atoms with Gasteiger partial charge in [0.25, 0.3) is 0 Å². The molecule has 0 bridgehead atoms. The fourth-order valence-electron chi connectivity index (χ4n) is 1.53. The van der Waals surface area contributed by atoms with Crippen LogP contribution in [-0.4, -0.2) is 20.1 Å². The summed E-state index contributed by atoms with van der Waals surface area (Å²) in [6, 6.07) is -0.403. The monoisotopic (exact) mass is 261 g/mol. The molecule has 2 rings (SSSR count). The molecule has 0 aliphatic carbocycles. The molecule has 0 atom stereocenters. The van der Waals surface area contributed by atoms with Crippen LogP contribution in [0.1, 0.15) is 21.1 Å². The summed E-state index contributed by atoms with van der Waals surface area (Å²) in [5.74, 6) is -0.201. The predicted octanol–water partition coefficient (Wildman–Crippen LogP) is 3.06. The fraction of sp³-hybridized carbons (Fsp3) is 0.455. The molecule has 1 aliphatic heterocycles. The van der Waals surface area contributed by atoms with Crippen LogP contribution in [0.5, 0.6) is 5.75 Å². The van der Waals surface area contributed by atoms with Crippen LogP contribution in [0.4, 0.5) is 5.69 Å². The van der Waals surface area contributed by atoms with Crippen molar-refractivity contribution in [1.82, 2.24) is 0 Å². The van der Waals surface area contributed by atoms with Crippen molar-refractivity contribution in [3.8, 4) is 5.75 Å². The van der Waals surface area contributed by atoms with Crippen molar-refractivity contribution in [3.05, 3.63) is 22.6 Å². The van der Waals surface area contributed by atoms with E-state index in [9.17, 15) is 0 Å². The zero-order valence-electron chi connectivity index (χ0n) is 13.6. The van der Waals surface area contributed by atoms with Gasteiger partial charge in [0.05, 0.1) is 19.7 Å². The molecule has 76 valence electrons. The van der Waals surface area contributed by atoms with Crippen molar-refractivity contribution >= 4 is 21.6 Å². The average Bonchev–Trinajstić information content (AvgIpc) is 2.85. The highest BCUT2D eigenvalue weighted by atomic mass is 79.9. The Balaban J connectivity index is 2.57. The van der Waals surface area contributed by atoms with Gasteiger partial charge in [-0.2, -0.15) is 0 Å². The second kappa shape index (κ2) is 4.22. The summed E-state index contributed by atoms with van der Waals surface area (Å²) in [6.07, 6.45) is 1.91. The van der Waals surface area contributed by atoms with E-state index in [0.717, 1.165) is 12.8 Å². The topological polar surface area (TPSA) is 12.5 Å². The van der Waals surface area contributed by atoms with E-state index < -0.39 is 7.04 Å².